The number of hydrogen-bond donors (Lipinski definition) is 1. The number of hydrogen-bond acceptors (Lipinski definition) is 3. The Kier molecular flexibility index (Phi) is 3.55. The normalized spacial score (nSPS) is 13.0. The van der Waals surface area contributed by atoms with Gasteiger partial charge in [-0.3, -0.25) is 4.79 Å². The van der Waals surface area contributed by atoms with E-state index in [0.717, 1.165) is 13.6 Å². The molecule has 1 N–H and O–H groups in total. The molecule has 0 radical (unpaired) electrons. The molecule has 0 bridgehead atoms. The van der Waals surface area contributed by atoms with E-state index in [1.54, 1.807) is 0 Å². The highest BCUT2D eigenvalue weighted by Crippen LogP contribution is 2.32. The summed E-state index contributed by atoms with van der Waals surface area (Å²) in [5.41, 5.74) is 2.66. The predicted molar refractivity (Wildman–Crippen MR) is 61.4 cm³/mol. The third-order valence-electron chi connectivity index (χ3n) is 2.13. The number of carbonyl (C=O) groups is 1. The van der Waals surface area contributed by atoms with Gasteiger partial charge in [0.2, 0.25) is 0 Å². The minimum absolute atomic E-state index is 0.833. The minimum atomic E-state index is -0.833. The number of nitrogens with zero attached hydrogens (tertiary/aromatic N) is 2. The molecule has 1 aliphatic heterocycles. The third-order valence-corrected chi connectivity index (χ3v) is 2.13. The fraction of sp³-hybridized carbons (Fsp3) is 0.364. The minimum Gasteiger partial charge on any atom is -0.481 e. The van der Waals surface area contributed by atoms with Crippen LogP contribution in [0.5, 0.6) is 0 Å². The number of carboxylic acids is 1. The largest absolute Gasteiger partial charge is 0.481 e. The second-order valence-electron chi connectivity index (χ2n) is 3.55. The first-order chi connectivity index (χ1) is 7.02. The molecule has 1 aliphatic rings. The lowest BCUT2D eigenvalue weighted by molar-refractivity contribution is -0.134. The molecule has 2 rings (SSSR count). The van der Waals surface area contributed by atoms with Gasteiger partial charge >= 0.3 is 0 Å². The van der Waals surface area contributed by atoms with E-state index >= 15 is 0 Å². The van der Waals surface area contributed by atoms with Crippen LogP contribution >= 0.6 is 0 Å². The lowest BCUT2D eigenvalue weighted by Crippen LogP contribution is -2.23. The summed E-state index contributed by atoms with van der Waals surface area (Å²) in [6, 6.07) is 8.46. The summed E-state index contributed by atoms with van der Waals surface area (Å²) < 4.78 is 0. The zero-order chi connectivity index (χ0) is 11.4. The van der Waals surface area contributed by atoms with Crippen LogP contribution in [-0.2, 0) is 4.79 Å². The van der Waals surface area contributed by atoms with Gasteiger partial charge in [-0.05, 0) is 12.1 Å². The van der Waals surface area contributed by atoms with E-state index in [9.17, 15) is 0 Å². The van der Waals surface area contributed by atoms with Crippen LogP contribution in [0.3, 0.4) is 0 Å². The van der Waals surface area contributed by atoms with Crippen molar-refractivity contribution in [2.45, 2.75) is 6.92 Å². The van der Waals surface area contributed by atoms with Gasteiger partial charge < -0.3 is 14.9 Å². The highest BCUT2D eigenvalue weighted by Gasteiger charge is 2.18. The van der Waals surface area contributed by atoms with Gasteiger partial charge in [0.25, 0.3) is 5.97 Å². The number of carboxylic acid groups (broad SMARTS) is 1. The molecule has 0 aliphatic carbocycles. The maximum atomic E-state index is 9.00. The molecule has 4 nitrogen and oxygen atoms in total. The molecular weight excluding hydrogens is 192 g/mol. The quantitative estimate of drug-likeness (QED) is 0.703. The standard InChI is InChI=1S/C9H12N2.C2H4O2/c1-10-7-11(2)9-6-4-3-5-8(9)10;1-2(3)4/h3-6H,7H2,1-2H3;1H3,(H,3,4). The van der Waals surface area contributed by atoms with Gasteiger partial charge in [0, 0.05) is 21.0 Å². The van der Waals surface area contributed by atoms with Crippen molar-refractivity contribution in [3.8, 4) is 0 Å². The molecule has 0 spiro atoms. The molecule has 0 unspecified atom stereocenters. The zero-order valence-electron chi connectivity index (χ0n) is 9.27. The zero-order valence-corrected chi connectivity index (χ0v) is 9.27. The molecule has 0 atom stereocenters. The number of rotatable bonds is 0. The second kappa shape index (κ2) is 4.68. The number of aliphatic carboxylic acids is 1. The van der Waals surface area contributed by atoms with Gasteiger partial charge in [0.1, 0.15) is 0 Å². The van der Waals surface area contributed by atoms with Gasteiger partial charge in [0.05, 0.1) is 18.0 Å². The Morgan fingerprint density at radius 1 is 1.20 bits per heavy atom. The first-order valence-corrected chi connectivity index (χ1v) is 4.73. The lowest BCUT2D eigenvalue weighted by Gasteiger charge is -2.11. The highest BCUT2D eigenvalue weighted by atomic mass is 16.4. The van der Waals surface area contributed by atoms with Crippen LogP contribution in [0.2, 0.25) is 0 Å². The summed E-state index contributed by atoms with van der Waals surface area (Å²) in [7, 11) is 4.23. The van der Waals surface area contributed by atoms with Crippen molar-refractivity contribution in [3.63, 3.8) is 0 Å². The molecule has 15 heavy (non-hydrogen) atoms. The maximum absolute atomic E-state index is 9.00. The summed E-state index contributed by atoms with van der Waals surface area (Å²) in [5, 5.41) is 7.42. The summed E-state index contributed by atoms with van der Waals surface area (Å²) in [6.45, 7) is 2.08. The van der Waals surface area contributed by atoms with E-state index in [4.69, 9.17) is 9.90 Å². The van der Waals surface area contributed by atoms with Gasteiger partial charge in [0.15, 0.2) is 0 Å². The summed E-state index contributed by atoms with van der Waals surface area (Å²) in [5.74, 6) is -0.833. The van der Waals surface area contributed by atoms with E-state index in [-0.39, 0.29) is 0 Å². The third kappa shape index (κ3) is 2.87. The maximum Gasteiger partial charge on any atom is 0.300 e. The highest BCUT2D eigenvalue weighted by molar-refractivity contribution is 5.75. The van der Waals surface area contributed by atoms with Crippen molar-refractivity contribution >= 4 is 17.3 Å². The first-order valence-electron chi connectivity index (χ1n) is 4.73. The van der Waals surface area contributed by atoms with Gasteiger partial charge in [-0.25, -0.2) is 0 Å². The molecule has 0 aromatic heterocycles. The molecule has 0 fully saturated rings. The van der Waals surface area contributed by atoms with E-state index in [2.05, 4.69) is 48.2 Å². The smallest absolute Gasteiger partial charge is 0.300 e. The Bertz CT molecular complexity index is 321. The fourth-order valence-corrected chi connectivity index (χ4v) is 1.58. The van der Waals surface area contributed by atoms with Crippen LogP contribution in [0, 0.1) is 0 Å². The van der Waals surface area contributed by atoms with Gasteiger partial charge in [-0.15, -0.1) is 0 Å². The topological polar surface area (TPSA) is 43.8 Å². The molecule has 4 heteroatoms. The molecular formula is C11H16N2O2. The molecule has 82 valence electrons. The van der Waals surface area contributed by atoms with Crippen LogP contribution in [0.1, 0.15) is 6.92 Å². The Labute approximate surface area is 89.7 Å². The Balaban J connectivity index is 0.000000245. The van der Waals surface area contributed by atoms with Crippen LogP contribution in [0.4, 0.5) is 11.4 Å². The molecule has 1 heterocycles. The van der Waals surface area contributed by atoms with E-state index in [1.165, 1.54) is 11.4 Å². The molecule has 1 aromatic rings. The van der Waals surface area contributed by atoms with Crippen LogP contribution < -0.4 is 9.80 Å². The van der Waals surface area contributed by atoms with Crippen molar-refractivity contribution < 1.29 is 9.90 Å². The monoisotopic (exact) mass is 208 g/mol. The van der Waals surface area contributed by atoms with Crippen molar-refractivity contribution in [1.82, 2.24) is 0 Å². The summed E-state index contributed by atoms with van der Waals surface area (Å²) >= 11 is 0. The SMILES string of the molecule is CC(=O)O.CN1CN(C)c2ccccc21. The number of anilines is 2. The predicted octanol–water partition coefficient (Wildman–Crippen LogP) is 1.62. The molecule has 0 saturated heterocycles. The summed E-state index contributed by atoms with van der Waals surface area (Å²) in [6.07, 6.45) is 0. The number of para-hydroxylation sites is 2. The Morgan fingerprint density at radius 3 is 1.87 bits per heavy atom. The van der Waals surface area contributed by atoms with Crippen LogP contribution in [-0.4, -0.2) is 31.8 Å². The number of benzene rings is 1. The first kappa shape index (κ1) is 11.4. The van der Waals surface area contributed by atoms with Crippen molar-refractivity contribution in [1.29, 1.82) is 0 Å². The van der Waals surface area contributed by atoms with Gasteiger partial charge in [-0.2, -0.15) is 0 Å². The lowest BCUT2D eigenvalue weighted by atomic mass is 10.3. The Hall–Kier alpha value is -1.71. The summed E-state index contributed by atoms with van der Waals surface area (Å²) in [4.78, 5) is 13.5. The number of fused-ring (bicyclic) bond motifs is 1. The van der Waals surface area contributed by atoms with Crippen molar-refractivity contribution in [2.75, 3.05) is 30.6 Å². The van der Waals surface area contributed by atoms with E-state index < -0.39 is 5.97 Å². The average molecular weight is 208 g/mol. The van der Waals surface area contributed by atoms with Crippen molar-refractivity contribution in [2.24, 2.45) is 0 Å². The molecule has 0 saturated carbocycles. The van der Waals surface area contributed by atoms with Crippen LogP contribution in [0.15, 0.2) is 24.3 Å². The van der Waals surface area contributed by atoms with Crippen LogP contribution in [0.25, 0.3) is 0 Å². The average Bonchev–Trinajstić information content (AvgIpc) is 2.43. The second-order valence-corrected chi connectivity index (χ2v) is 3.55. The van der Waals surface area contributed by atoms with Crippen molar-refractivity contribution in [3.05, 3.63) is 24.3 Å². The molecule has 1 aromatic carbocycles. The molecule has 0 amide bonds. The Morgan fingerprint density at radius 2 is 1.53 bits per heavy atom. The van der Waals surface area contributed by atoms with E-state index in [1.807, 2.05) is 0 Å². The van der Waals surface area contributed by atoms with E-state index in [0.29, 0.717) is 0 Å². The fourth-order valence-electron chi connectivity index (χ4n) is 1.58. The van der Waals surface area contributed by atoms with Gasteiger partial charge in [-0.1, -0.05) is 12.1 Å².